The number of piperidine rings is 1. The lowest BCUT2D eigenvalue weighted by Gasteiger charge is -2.32. The van der Waals surface area contributed by atoms with Crippen molar-refractivity contribution in [2.24, 2.45) is 5.92 Å². The van der Waals surface area contributed by atoms with Gasteiger partial charge in [-0.1, -0.05) is 30.3 Å². The van der Waals surface area contributed by atoms with Crippen LogP contribution in [-0.2, 0) is 6.54 Å². The highest BCUT2D eigenvalue weighted by Gasteiger charge is 2.20. The number of carbonyl (C=O) groups is 1. The van der Waals surface area contributed by atoms with Gasteiger partial charge < -0.3 is 5.32 Å². The molecule has 0 aliphatic carbocycles. The molecule has 0 saturated carbocycles. The third-order valence-corrected chi connectivity index (χ3v) is 5.16. The van der Waals surface area contributed by atoms with Crippen LogP contribution >= 0.6 is 0 Å². The van der Waals surface area contributed by atoms with Gasteiger partial charge in [-0.2, -0.15) is 0 Å². The Hall–Kier alpha value is -2.73. The first-order valence-electron chi connectivity index (χ1n) is 9.32. The van der Waals surface area contributed by atoms with Gasteiger partial charge in [0.15, 0.2) is 0 Å². The zero-order valence-corrected chi connectivity index (χ0v) is 15.6. The molecule has 142 valence electrons. The molecule has 0 radical (unpaired) electrons. The van der Waals surface area contributed by atoms with Crippen molar-refractivity contribution in [1.82, 2.24) is 10.2 Å². The molecule has 1 N–H and O–H groups in total. The van der Waals surface area contributed by atoms with Crippen LogP contribution in [0, 0.1) is 23.0 Å². The van der Waals surface area contributed by atoms with E-state index >= 15 is 0 Å². The summed E-state index contributed by atoms with van der Waals surface area (Å²) in [5.74, 6) is 0.305. The minimum absolute atomic E-state index is 0.0392. The molecule has 1 fully saturated rings. The lowest BCUT2D eigenvalue weighted by Crippen LogP contribution is -2.38. The number of amides is 1. The minimum Gasteiger partial charge on any atom is -0.352 e. The zero-order valence-electron chi connectivity index (χ0n) is 15.6. The normalized spacial score (nSPS) is 15.4. The molecule has 27 heavy (non-hydrogen) atoms. The van der Waals surface area contributed by atoms with E-state index in [9.17, 15) is 14.9 Å². The van der Waals surface area contributed by atoms with E-state index in [4.69, 9.17) is 0 Å². The third-order valence-electron chi connectivity index (χ3n) is 5.16. The molecule has 2 aromatic rings. The summed E-state index contributed by atoms with van der Waals surface area (Å²) < 4.78 is 0. The largest absolute Gasteiger partial charge is 0.352 e. The summed E-state index contributed by atoms with van der Waals surface area (Å²) in [5.41, 5.74) is 2.34. The number of carbonyl (C=O) groups excluding carboxylic acids is 1. The van der Waals surface area contributed by atoms with Gasteiger partial charge in [-0.15, -0.1) is 0 Å². The van der Waals surface area contributed by atoms with E-state index in [0.717, 1.165) is 32.5 Å². The fourth-order valence-corrected chi connectivity index (χ4v) is 3.53. The summed E-state index contributed by atoms with van der Waals surface area (Å²) >= 11 is 0. The summed E-state index contributed by atoms with van der Waals surface area (Å²) in [6, 6.07) is 15.0. The van der Waals surface area contributed by atoms with E-state index in [-0.39, 0.29) is 11.6 Å². The molecule has 1 aliphatic heterocycles. The van der Waals surface area contributed by atoms with Gasteiger partial charge in [0, 0.05) is 30.3 Å². The van der Waals surface area contributed by atoms with Gasteiger partial charge in [0.05, 0.1) is 4.92 Å². The molecule has 0 atom stereocenters. The Morgan fingerprint density at radius 2 is 1.89 bits per heavy atom. The van der Waals surface area contributed by atoms with Crippen molar-refractivity contribution in [1.29, 1.82) is 0 Å². The lowest BCUT2D eigenvalue weighted by molar-refractivity contribution is -0.385. The van der Waals surface area contributed by atoms with Crippen molar-refractivity contribution in [2.75, 3.05) is 19.6 Å². The van der Waals surface area contributed by atoms with Crippen LogP contribution in [-0.4, -0.2) is 35.4 Å². The van der Waals surface area contributed by atoms with E-state index < -0.39 is 4.92 Å². The van der Waals surface area contributed by atoms with Crippen molar-refractivity contribution < 1.29 is 9.72 Å². The minimum atomic E-state index is -0.430. The molecule has 2 aromatic carbocycles. The predicted molar refractivity (Wildman–Crippen MR) is 105 cm³/mol. The molecule has 6 heteroatoms. The number of likely N-dealkylation sites (tertiary alicyclic amines) is 1. The molecule has 1 aliphatic rings. The summed E-state index contributed by atoms with van der Waals surface area (Å²) in [5, 5.41) is 13.9. The van der Waals surface area contributed by atoms with Crippen LogP contribution in [0.15, 0.2) is 48.5 Å². The predicted octanol–water partition coefficient (Wildman–Crippen LogP) is 3.55. The molecule has 6 nitrogen and oxygen atoms in total. The molecule has 1 heterocycles. The summed E-state index contributed by atoms with van der Waals surface area (Å²) in [6.07, 6.45) is 2.12. The average Bonchev–Trinajstić information content (AvgIpc) is 2.67. The summed E-state index contributed by atoms with van der Waals surface area (Å²) in [7, 11) is 0. The first-order valence-corrected chi connectivity index (χ1v) is 9.32. The second-order valence-electron chi connectivity index (χ2n) is 7.17. The Labute approximate surface area is 159 Å². The quantitative estimate of drug-likeness (QED) is 0.626. The monoisotopic (exact) mass is 367 g/mol. The Kier molecular flexibility index (Phi) is 6.19. The second kappa shape index (κ2) is 8.77. The number of nitro groups is 1. The van der Waals surface area contributed by atoms with Gasteiger partial charge in [-0.3, -0.25) is 19.8 Å². The maximum Gasteiger partial charge on any atom is 0.272 e. The highest BCUT2D eigenvalue weighted by atomic mass is 16.6. The van der Waals surface area contributed by atoms with Gasteiger partial charge in [0.1, 0.15) is 0 Å². The van der Waals surface area contributed by atoms with Crippen LogP contribution in [0.25, 0.3) is 0 Å². The standard InChI is InChI=1S/C21H25N3O3/c1-16-13-19(7-8-20(16)24(26)27)21(25)22-14-17-9-11-23(12-10-17)15-18-5-3-2-4-6-18/h2-8,13,17H,9-12,14-15H2,1H3,(H,22,25). The molecule has 1 saturated heterocycles. The number of benzene rings is 2. The average molecular weight is 367 g/mol. The lowest BCUT2D eigenvalue weighted by atomic mass is 9.96. The SMILES string of the molecule is Cc1cc(C(=O)NCC2CCN(Cc3ccccc3)CC2)ccc1[N+](=O)[O-]. The van der Waals surface area contributed by atoms with Crippen molar-refractivity contribution >= 4 is 11.6 Å². The van der Waals surface area contributed by atoms with Crippen LogP contribution < -0.4 is 5.32 Å². The molecule has 0 bridgehead atoms. The van der Waals surface area contributed by atoms with E-state index in [1.807, 2.05) is 6.07 Å². The van der Waals surface area contributed by atoms with E-state index in [1.165, 1.54) is 17.7 Å². The first-order chi connectivity index (χ1) is 13.0. The first kappa shape index (κ1) is 19.0. The Bertz CT molecular complexity index is 800. The van der Waals surface area contributed by atoms with Crippen LogP contribution in [0.5, 0.6) is 0 Å². The number of nitrogens with one attached hydrogen (secondary N) is 1. The zero-order chi connectivity index (χ0) is 19.2. The highest BCUT2D eigenvalue weighted by Crippen LogP contribution is 2.20. The Morgan fingerprint density at radius 1 is 1.19 bits per heavy atom. The highest BCUT2D eigenvalue weighted by molar-refractivity contribution is 5.94. The van der Waals surface area contributed by atoms with Crippen molar-refractivity contribution in [3.8, 4) is 0 Å². The number of rotatable bonds is 6. The molecule has 3 rings (SSSR count). The maximum atomic E-state index is 12.3. The maximum absolute atomic E-state index is 12.3. The third kappa shape index (κ3) is 5.14. The fraction of sp³-hybridized carbons (Fsp3) is 0.381. The number of hydrogen-bond donors (Lipinski definition) is 1. The molecule has 1 amide bonds. The number of aryl methyl sites for hydroxylation is 1. The van der Waals surface area contributed by atoms with Crippen LogP contribution in [0.3, 0.4) is 0 Å². The Morgan fingerprint density at radius 3 is 2.52 bits per heavy atom. The molecule has 0 aromatic heterocycles. The van der Waals surface area contributed by atoms with E-state index in [0.29, 0.717) is 23.6 Å². The van der Waals surface area contributed by atoms with E-state index in [1.54, 1.807) is 13.0 Å². The molecule has 0 unspecified atom stereocenters. The number of nitrogens with zero attached hydrogens (tertiary/aromatic N) is 2. The second-order valence-corrected chi connectivity index (χ2v) is 7.17. The molecular formula is C21H25N3O3. The topological polar surface area (TPSA) is 75.5 Å². The van der Waals surface area contributed by atoms with Crippen LogP contribution in [0.1, 0.15) is 34.3 Å². The van der Waals surface area contributed by atoms with Crippen molar-refractivity contribution in [3.63, 3.8) is 0 Å². The fourth-order valence-electron chi connectivity index (χ4n) is 3.53. The van der Waals surface area contributed by atoms with Crippen LogP contribution in [0.2, 0.25) is 0 Å². The summed E-state index contributed by atoms with van der Waals surface area (Å²) in [6.45, 7) is 5.34. The smallest absolute Gasteiger partial charge is 0.272 e. The van der Waals surface area contributed by atoms with Gasteiger partial charge >= 0.3 is 0 Å². The van der Waals surface area contributed by atoms with E-state index in [2.05, 4.69) is 34.5 Å². The van der Waals surface area contributed by atoms with Crippen molar-refractivity contribution in [2.45, 2.75) is 26.3 Å². The van der Waals surface area contributed by atoms with Crippen LogP contribution in [0.4, 0.5) is 5.69 Å². The van der Waals surface area contributed by atoms with Gasteiger partial charge in [0.2, 0.25) is 0 Å². The van der Waals surface area contributed by atoms with Gasteiger partial charge in [0.25, 0.3) is 11.6 Å². The van der Waals surface area contributed by atoms with Gasteiger partial charge in [-0.25, -0.2) is 0 Å². The summed E-state index contributed by atoms with van der Waals surface area (Å²) in [4.78, 5) is 25.2. The Balaban J connectivity index is 1.45. The van der Waals surface area contributed by atoms with Crippen molar-refractivity contribution in [3.05, 3.63) is 75.3 Å². The number of hydrogen-bond acceptors (Lipinski definition) is 4. The molecule has 0 spiro atoms. The molecular weight excluding hydrogens is 342 g/mol. The number of nitro benzene ring substituents is 1. The van der Waals surface area contributed by atoms with Gasteiger partial charge in [-0.05, 0) is 56.5 Å².